The van der Waals surface area contributed by atoms with E-state index in [1.165, 1.54) is 5.56 Å². The minimum Gasteiger partial charge on any atom is -0.494 e. The quantitative estimate of drug-likeness (QED) is 0.542. The summed E-state index contributed by atoms with van der Waals surface area (Å²) < 4.78 is 5.62. The maximum atomic E-state index is 12.8. The van der Waals surface area contributed by atoms with Crippen LogP contribution in [0.15, 0.2) is 60.7 Å². The van der Waals surface area contributed by atoms with Gasteiger partial charge in [-0.1, -0.05) is 43.3 Å². The second-order valence-corrected chi connectivity index (χ2v) is 8.59. The van der Waals surface area contributed by atoms with E-state index < -0.39 is 0 Å². The number of amides is 1. The van der Waals surface area contributed by atoms with Crippen LogP contribution in [0, 0.1) is 12.8 Å². The lowest BCUT2D eigenvalue weighted by Crippen LogP contribution is -2.43. The fraction of sp³-hybridized carbons (Fsp3) is 0.370. The van der Waals surface area contributed by atoms with Crippen LogP contribution in [0.4, 0.5) is 5.82 Å². The highest BCUT2D eigenvalue weighted by atomic mass is 16.5. The van der Waals surface area contributed by atoms with Gasteiger partial charge in [-0.3, -0.25) is 4.79 Å². The lowest BCUT2D eigenvalue weighted by Gasteiger charge is -2.32. The summed E-state index contributed by atoms with van der Waals surface area (Å²) in [6.45, 7) is 6.95. The summed E-state index contributed by atoms with van der Waals surface area (Å²) in [5.41, 5.74) is 4.21. The Balaban J connectivity index is 1.32. The van der Waals surface area contributed by atoms with Gasteiger partial charge in [-0.05, 0) is 61.6 Å². The van der Waals surface area contributed by atoms with Crippen LogP contribution in [-0.2, 0) is 11.3 Å². The van der Waals surface area contributed by atoms with Gasteiger partial charge in [-0.15, -0.1) is 10.2 Å². The van der Waals surface area contributed by atoms with Crippen molar-refractivity contribution in [2.75, 3.05) is 24.6 Å². The van der Waals surface area contributed by atoms with Crippen molar-refractivity contribution in [2.45, 2.75) is 39.7 Å². The van der Waals surface area contributed by atoms with Gasteiger partial charge in [0.1, 0.15) is 5.75 Å². The Hall–Kier alpha value is -3.41. The van der Waals surface area contributed by atoms with E-state index in [0.717, 1.165) is 54.2 Å². The van der Waals surface area contributed by atoms with E-state index in [0.29, 0.717) is 19.7 Å². The van der Waals surface area contributed by atoms with Gasteiger partial charge in [-0.2, -0.15) is 0 Å². The first-order chi connectivity index (χ1) is 16.1. The van der Waals surface area contributed by atoms with Crippen LogP contribution in [0.2, 0.25) is 0 Å². The molecule has 1 aliphatic heterocycles. The molecular weight excluding hydrogens is 412 g/mol. The lowest BCUT2D eigenvalue weighted by atomic mass is 9.97. The molecule has 3 aromatic rings. The third kappa shape index (κ3) is 5.89. The largest absolute Gasteiger partial charge is 0.494 e. The highest BCUT2D eigenvalue weighted by Gasteiger charge is 2.26. The summed E-state index contributed by atoms with van der Waals surface area (Å²) in [4.78, 5) is 15.0. The smallest absolute Gasteiger partial charge is 0.225 e. The van der Waals surface area contributed by atoms with Crippen molar-refractivity contribution < 1.29 is 9.53 Å². The number of carbonyl (C=O) groups excluding carboxylic acids is 1. The molecule has 1 saturated heterocycles. The maximum absolute atomic E-state index is 12.8. The molecule has 4 rings (SSSR count). The van der Waals surface area contributed by atoms with Crippen molar-refractivity contribution in [3.8, 4) is 17.0 Å². The van der Waals surface area contributed by atoms with Gasteiger partial charge in [0.05, 0.1) is 18.2 Å². The monoisotopic (exact) mass is 444 g/mol. The summed E-state index contributed by atoms with van der Waals surface area (Å²) in [7, 11) is 0. The Morgan fingerprint density at radius 1 is 1.09 bits per heavy atom. The van der Waals surface area contributed by atoms with Crippen molar-refractivity contribution in [1.82, 2.24) is 15.5 Å². The van der Waals surface area contributed by atoms with Crippen LogP contribution < -0.4 is 15.0 Å². The number of hydrogen-bond donors (Lipinski definition) is 1. The normalized spacial score (nSPS) is 15.8. The van der Waals surface area contributed by atoms with Gasteiger partial charge < -0.3 is 15.0 Å². The van der Waals surface area contributed by atoms with Gasteiger partial charge in [0.2, 0.25) is 5.91 Å². The zero-order valence-electron chi connectivity index (χ0n) is 19.5. The molecule has 1 fully saturated rings. The predicted molar refractivity (Wildman–Crippen MR) is 131 cm³/mol. The van der Waals surface area contributed by atoms with Gasteiger partial charge in [0.25, 0.3) is 0 Å². The molecule has 1 amide bonds. The first-order valence-corrected chi connectivity index (χ1v) is 11.8. The standard InChI is InChI=1S/C27H32N4O2/c1-3-17-33-23-12-10-21(11-13-23)18-28-27(32)22-8-6-16-31(19-22)26-15-14-25(29-30-26)24-9-5-4-7-20(24)2/h4-5,7,9-15,22H,3,6,8,16-19H2,1-2H3,(H,28,32)/t22-/m0/s1. The molecule has 1 N–H and O–H groups in total. The van der Waals surface area contributed by atoms with Crippen molar-refractivity contribution in [2.24, 2.45) is 5.92 Å². The van der Waals surface area contributed by atoms with Crippen molar-refractivity contribution in [3.63, 3.8) is 0 Å². The molecule has 0 saturated carbocycles. The molecule has 1 atom stereocenters. The second-order valence-electron chi connectivity index (χ2n) is 8.59. The summed E-state index contributed by atoms with van der Waals surface area (Å²) in [5.74, 6) is 1.73. The zero-order chi connectivity index (χ0) is 23.0. The molecule has 172 valence electrons. The number of carbonyl (C=O) groups is 1. The average Bonchev–Trinajstić information content (AvgIpc) is 2.87. The van der Waals surface area contributed by atoms with Crippen molar-refractivity contribution >= 4 is 11.7 Å². The van der Waals surface area contributed by atoms with Crippen LogP contribution in [-0.4, -0.2) is 35.8 Å². The molecule has 0 bridgehead atoms. The van der Waals surface area contributed by atoms with Crippen LogP contribution in [0.1, 0.15) is 37.3 Å². The van der Waals surface area contributed by atoms with E-state index in [2.05, 4.69) is 46.4 Å². The topological polar surface area (TPSA) is 67.3 Å². The van der Waals surface area contributed by atoms with Crippen LogP contribution in [0.3, 0.4) is 0 Å². The van der Waals surface area contributed by atoms with Gasteiger partial charge in [-0.25, -0.2) is 0 Å². The number of nitrogens with one attached hydrogen (secondary N) is 1. The number of rotatable bonds is 8. The van der Waals surface area contributed by atoms with Gasteiger partial charge in [0.15, 0.2) is 5.82 Å². The maximum Gasteiger partial charge on any atom is 0.225 e. The first-order valence-electron chi connectivity index (χ1n) is 11.8. The zero-order valence-corrected chi connectivity index (χ0v) is 19.5. The molecule has 2 heterocycles. The average molecular weight is 445 g/mol. The van der Waals surface area contributed by atoms with E-state index >= 15 is 0 Å². The number of piperidine rings is 1. The summed E-state index contributed by atoms with van der Waals surface area (Å²) in [6.07, 6.45) is 2.84. The minimum absolute atomic E-state index is 0.0521. The number of ether oxygens (including phenoxy) is 1. The Bertz CT molecular complexity index is 1050. The molecule has 1 aromatic heterocycles. The fourth-order valence-electron chi connectivity index (χ4n) is 4.15. The predicted octanol–water partition coefficient (Wildman–Crippen LogP) is 4.77. The van der Waals surface area contributed by atoms with Crippen LogP contribution >= 0.6 is 0 Å². The Labute approximate surface area is 196 Å². The number of hydrogen-bond acceptors (Lipinski definition) is 5. The lowest BCUT2D eigenvalue weighted by molar-refractivity contribution is -0.125. The summed E-state index contributed by atoms with van der Waals surface area (Å²) >= 11 is 0. The third-order valence-electron chi connectivity index (χ3n) is 6.05. The van der Waals surface area contributed by atoms with Crippen molar-refractivity contribution in [1.29, 1.82) is 0 Å². The number of aryl methyl sites for hydroxylation is 1. The number of aromatic nitrogens is 2. The molecular formula is C27H32N4O2. The third-order valence-corrected chi connectivity index (χ3v) is 6.05. The van der Waals surface area contributed by atoms with Crippen LogP contribution in [0.25, 0.3) is 11.3 Å². The van der Waals surface area contributed by atoms with E-state index in [4.69, 9.17) is 4.74 Å². The summed E-state index contributed by atoms with van der Waals surface area (Å²) in [6, 6.07) is 20.1. The highest BCUT2D eigenvalue weighted by molar-refractivity contribution is 5.79. The minimum atomic E-state index is -0.0521. The molecule has 2 aromatic carbocycles. The molecule has 0 radical (unpaired) electrons. The molecule has 0 unspecified atom stereocenters. The SMILES string of the molecule is CCCOc1ccc(CNC(=O)[C@H]2CCCN(c3ccc(-c4ccccc4C)nn3)C2)cc1. The Kier molecular flexibility index (Phi) is 7.55. The van der Waals surface area contributed by atoms with Gasteiger partial charge >= 0.3 is 0 Å². The number of nitrogens with zero attached hydrogens (tertiary/aromatic N) is 3. The molecule has 6 nitrogen and oxygen atoms in total. The molecule has 6 heteroatoms. The number of anilines is 1. The first kappa shape index (κ1) is 22.8. The van der Waals surface area contributed by atoms with E-state index in [1.807, 2.05) is 48.5 Å². The van der Waals surface area contributed by atoms with Gasteiger partial charge in [0, 0.05) is 25.2 Å². The summed E-state index contributed by atoms with van der Waals surface area (Å²) in [5, 5.41) is 12.0. The van der Waals surface area contributed by atoms with E-state index in [9.17, 15) is 4.79 Å². The molecule has 0 aliphatic carbocycles. The molecule has 0 spiro atoms. The Morgan fingerprint density at radius 3 is 2.64 bits per heavy atom. The van der Waals surface area contributed by atoms with Crippen LogP contribution in [0.5, 0.6) is 5.75 Å². The second kappa shape index (κ2) is 10.9. The number of benzene rings is 2. The van der Waals surface area contributed by atoms with E-state index in [-0.39, 0.29) is 11.8 Å². The molecule has 1 aliphatic rings. The highest BCUT2D eigenvalue weighted by Crippen LogP contribution is 2.25. The molecule has 33 heavy (non-hydrogen) atoms. The van der Waals surface area contributed by atoms with E-state index in [1.54, 1.807) is 0 Å². The van der Waals surface area contributed by atoms with Crippen molar-refractivity contribution in [3.05, 3.63) is 71.8 Å². The Morgan fingerprint density at radius 2 is 1.91 bits per heavy atom. The fourth-order valence-corrected chi connectivity index (χ4v) is 4.15.